The van der Waals surface area contributed by atoms with E-state index in [4.69, 9.17) is 11.6 Å². The van der Waals surface area contributed by atoms with Crippen molar-refractivity contribution in [3.8, 4) is 0 Å². The zero-order valence-electron chi connectivity index (χ0n) is 11.9. The van der Waals surface area contributed by atoms with Crippen molar-refractivity contribution >= 4 is 17.5 Å². The van der Waals surface area contributed by atoms with E-state index in [0.29, 0.717) is 6.42 Å². The zero-order valence-corrected chi connectivity index (χ0v) is 12.7. The summed E-state index contributed by atoms with van der Waals surface area (Å²) in [7, 11) is 0. The first-order valence-electron chi connectivity index (χ1n) is 7.17. The first-order valence-corrected chi connectivity index (χ1v) is 7.55. The second-order valence-electron chi connectivity index (χ2n) is 5.30. The molecule has 3 N–H and O–H groups in total. The van der Waals surface area contributed by atoms with Gasteiger partial charge in [-0.15, -0.1) is 0 Å². The molecule has 3 unspecified atom stereocenters. The summed E-state index contributed by atoms with van der Waals surface area (Å²) in [6.07, 6.45) is 2.44. The Labute approximate surface area is 125 Å². The molecule has 1 saturated heterocycles. The Bertz CT molecular complexity index is 449. The number of benzene rings is 1. The summed E-state index contributed by atoms with van der Waals surface area (Å²) < 4.78 is 0. The van der Waals surface area contributed by atoms with Crippen molar-refractivity contribution in [3.05, 3.63) is 34.9 Å². The van der Waals surface area contributed by atoms with Crippen LogP contribution in [0.4, 0.5) is 0 Å². The number of halogens is 1. The van der Waals surface area contributed by atoms with E-state index in [1.165, 1.54) is 5.56 Å². The third-order valence-corrected chi connectivity index (χ3v) is 3.95. The standard InChI is InChI=1S/C15H22ClN3O/c1-3-4-5-13(20)17-15-14(10(2)18-19-15)11-6-8-12(16)9-7-11/h6-10,14-15,18-19H,3-5H2,1-2H3,(H,17,20). The quantitative estimate of drug-likeness (QED) is 0.782. The summed E-state index contributed by atoms with van der Waals surface area (Å²) in [4.78, 5) is 11.9. The number of nitrogens with one attached hydrogen (secondary N) is 3. The Balaban J connectivity index is 2.04. The van der Waals surface area contributed by atoms with Gasteiger partial charge in [-0.1, -0.05) is 37.1 Å². The number of hydrazine groups is 1. The lowest BCUT2D eigenvalue weighted by Gasteiger charge is -2.22. The van der Waals surface area contributed by atoms with Crippen LogP contribution in [-0.4, -0.2) is 18.1 Å². The van der Waals surface area contributed by atoms with Gasteiger partial charge in [0, 0.05) is 23.4 Å². The first kappa shape index (κ1) is 15.3. The Morgan fingerprint density at radius 1 is 1.30 bits per heavy atom. The Morgan fingerprint density at radius 3 is 2.65 bits per heavy atom. The summed E-state index contributed by atoms with van der Waals surface area (Å²) >= 11 is 5.93. The predicted octanol–water partition coefficient (Wildman–Crippen LogP) is 2.55. The van der Waals surface area contributed by atoms with Crippen molar-refractivity contribution in [2.45, 2.75) is 51.2 Å². The predicted molar refractivity (Wildman–Crippen MR) is 81.4 cm³/mol. The van der Waals surface area contributed by atoms with E-state index in [-0.39, 0.29) is 24.0 Å². The van der Waals surface area contributed by atoms with Gasteiger partial charge in [0.05, 0.1) is 0 Å². The zero-order chi connectivity index (χ0) is 14.5. The number of unbranched alkanes of at least 4 members (excludes halogenated alkanes) is 1. The molecule has 1 heterocycles. The molecule has 0 radical (unpaired) electrons. The fourth-order valence-corrected chi connectivity index (χ4v) is 2.69. The van der Waals surface area contributed by atoms with Gasteiger partial charge in [-0.05, 0) is 31.0 Å². The van der Waals surface area contributed by atoms with Gasteiger partial charge in [0.25, 0.3) is 0 Å². The maximum absolute atomic E-state index is 11.9. The van der Waals surface area contributed by atoms with Crippen molar-refractivity contribution in [1.82, 2.24) is 16.2 Å². The van der Waals surface area contributed by atoms with E-state index < -0.39 is 0 Å². The van der Waals surface area contributed by atoms with Crippen LogP contribution in [0.25, 0.3) is 0 Å². The van der Waals surface area contributed by atoms with Crippen LogP contribution in [0.2, 0.25) is 5.02 Å². The van der Waals surface area contributed by atoms with E-state index in [0.717, 1.165) is 17.9 Å². The molecule has 3 atom stereocenters. The number of hydrogen-bond donors (Lipinski definition) is 3. The number of amides is 1. The highest BCUT2D eigenvalue weighted by atomic mass is 35.5. The second kappa shape index (κ2) is 7.07. The molecule has 0 aromatic heterocycles. The van der Waals surface area contributed by atoms with Gasteiger partial charge in [-0.25, -0.2) is 5.43 Å². The fraction of sp³-hybridized carbons (Fsp3) is 0.533. The van der Waals surface area contributed by atoms with Crippen LogP contribution in [0.1, 0.15) is 44.6 Å². The second-order valence-corrected chi connectivity index (χ2v) is 5.74. The van der Waals surface area contributed by atoms with E-state index in [1.807, 2.05) is 24.3 Å². The van der Waals surface area contributed by atoms with Gasteiger partial charge in [-0.2, -0.15) is 0 Å². The highest BCUT2D eigenvalue weighted by molar-refractivity contribution is 6.30. The van der Waals surface area contributed by atoms with Crippen molar-refractivity contribution < 1.29 is 4.79 Å². The average Bonchev–Trinajstić information content (AvgIpc) is 2.78. The minimum atomic E-state index is -0.0875. The van der Waals surface area contributed by atoms with E-state index in [2.05, 4.69) is 30.0 Å². The van der Waals surface area contributed by atoms with Crippen LogP contribution in [0, 0.1) is 0 Å². The highest BCUT2D eigenvalue weighted by Crippen LogP contribution is 2.27. The number of hydrogen-bond acceptors (Lipinski definition) is 3. The minimum Gasteiger partial charge on any atom is -0.339 e. The Kier molecular flexibility index (Phi) is 5.40. The molecule has 110 valence electrons. The average molecular weight is 296 g/mol. The van der Waals surface area contributed by atoms with Crippen LogP contribution < -0.4 is 16.2 Å². The van der Waals surface area contributed by atoms with Crippen LogP contribution in [0.5, 0.6) is 0 Å². The highest BCUT2D eigenvalue weighted by Gasteiger charge is 2.34. The molecule has 0 saturated carbocycles. The van der Waals surface area contributed by atoms with E-state index in [1.54, 1.807) is 0 Å². The molecule has 5 heteroatoms. The van der Waals surface area contributed by atoms with Crippen molar-refractivity contribution in [3.63, 3.8) is 0 Å². The van der Waals surface area contributed by atoms with E-state index >= 15 is 0 Å². The lowest BCUT2D eigenvalue weighted by molar-refractivity contribution is -0.122. The number of rotatable bonds is 5. The lowest BCUT2D eigenvalue weighted by atomic mass is 9.91. The summed E-state index contributed by atoms with van der Waals surface area (Å²) in [6.45, 7) is 4.19. The summed E-state index contributed by atoms with van der Waals surface area (Å²) in [5, 5.41) is 3.79. The van der Waals surface area contributed by atoms with E-state index in [9.17, 15) is 4.79 Å². The summed E-state index contributed by atoms with van der Waals surface area (Å²) in [5.74, 6) is 0.289. The third kappa shape index (κ3) is 3.72. The maximum Gasteiger partial charge on any atom is 0.221 e. The van der Waals surface area contributed by atoms with Crippen LogP contribution in [0.15, 0.2) is 24.3 Å². The lowest BCUT2D eigenvalue weighted by Crippen LogP contribution is -2.46. The number of carbonyl (C=O) groups excluding carboxylic acids is 1. The van der Waals surface area contributed by atoms with Gasteiger partial charge < -0.3 is 5.32 Å². The largest absolute Gasteiger partial charge is 0.339 e. The molecule has 0 bridgehead atoms. The molecular weight excluding hydrogens is 274 g/mol. The summed E-state index contributed by atoms with van der Waals surface area (Å²) in [5.41, 5.74) is 7.53. The molecule has 1 aliphatic heterocycles. The molecule has 0 spiro atoms. The van der Waals surface area contributed by atoms with Crippen LogP contribution >= 0.6 is 11.6 Å². The van der Waals surface area contributed by atoms with Crippen molar-refractivity contribution in [2.24, 2.45) is 0 Å². The Morgan fingerprint density at radius 2 is 2.00 bits per heavy atom. The SMILES string of the molecule is CCCCC(=O)NC1NNC(C)C1c1ccc(Cl)cc1. The molecule has 20 heavy (non-hydrogen) atoms. The molecule has 0 aliphatic carbocycles. The molecule has 1 aliphatic rings. The fourth-order valence-electron chi connectivity index (χ4n) is 2.56. The molecule has 1 aromatic rings. The number of carbonyl (C=O) groups is 1. The van der Waals surface area contributed by atoms with Gasteiger partial charge in [0.1, 0.15) is 6.17 Å². The molecular formula is C15H22ClN3O. The van der Waals surface area contributed by atoms with Gasteiger partial charge >= 0.3 is 0 Å². The summed E-state index contributed by atoms with van der Waals surface area (Å²) in [6, 6.07) is 8.05. The Hall–Kier alpha value is -1.10. The normalized spacial score (nSPS) is 25.6. The molecule has 2 rings (SSSR count). The first-order chi connectivity index (χ1) is 9.61. The van der Waals surface area contributed by atoms with Crippen molar-refractivity contribution in [2.75, 3.05) is 0 Å². The maximum atomic E-state index is 11.9. The van der Waals surface area contributed by atoms with Crippen molar-refractivity contribution in [1.29, 1.82) is 0 Å². The molecule has 1 amide bonds. The minimum absolute atomic E-state index is 0.0875. The third-order valence-electron chi connectivity index (χ3n) is 3.69. The van der Waals surface area contributed by atoms with Gasteiger partial charge in [0.15, 0.2) is 0 Å². The molecule has 4 nitrogen and oxygen atoms in total. The van der Waals surface area contributed by atoms with Crippen LogP contribution in [-0.2, 0) is 4.79 Å². The smallest absolute Gasteiger partial charge is 0.221 e. The van der Waals surface area contributed by atoms with Gasteiger partial charge in [-0.3, -0.25) is 10.2 Å². The monoisotopic (exact) mass is 295 g/mol. The topological polar surface area (TPSA) is 53.2 Å². The van der Waals surface area contributed by atoms with Crippen LogP contribution in [0.3, 0.4) is 0 Å². The molecule has 1 fully saturated rings. The van der Waals surface area contributed by atoms with Gasteiger partial charge in [0.2, 0.25) is 5.91 Å². The molecule has 1 aromatic carbocycles.